The largest absolute Gasteiger partial charge is 0.494 e. The lowest BCUT2D eigenvalue weighted by molar-refractivity contribution is 0.317. The van der Waals surface area contributed by atoms with E-state index in [1.165, 1.54) is 0 Å². The summed E-state index contributed by atoms with van der Waals surface area (Å²) in [4.78, 5) is 24.7. The molecule has 0 saturated heterocycles. The van der Waals surface area contributed by atoms with E-state index in [4.69, 9.17) is 4.74 Å². The van der Waals surface area contributed by atoms with Gasteiger partial charge in [-0.3, -0.25) is 14.3 Å². The highest BCUT2D eigenvalue weighted by Crippen LogP contribution is 2.14. The Morgan fingerprint density at radius 2 is 1.95 bits per heavy atom. The Labute approximate surface area is 115 Å². The summed E-state index contributed by atoms with van der Waals surface area (Å²) >= 11 is 0. The Morgan fingerprint density at radius 1 is 1.25 bits per heavy atom. The molecular formula is C14H16N2O4. The summed E-state index contributed by atoms with van der Waals surface area (Å²) < 4.78 is 6.54. The Hall–Kier alpha value is -2.50. The van der Waals surface area contributed by atoms with Gasteiger partial charge in [-0.05, 0) is 24.1 Å². The highest BCUT2D eigenvalue weighted by molar-refractivity contribution is 5.27. The number of rotatable bonds is 5. The van der Waals surface area contributed by atoms with Crippen LogP contribution >= 0.6 is 0 Å². The number of aromatic hydroxyl groups is 1. The summed E-state index contributed by atoms with van der Waals surface area (Å²) in [5.41, 5.74) is -0.438. The van der Waals surface area contributed by atoms with Gasteiger partial charge in [-0.2, -0.15) is 0 Å². The van der Waals surface area contributed by atoms with Crippen LogP contribution in [0.4, 0.5) is 0 Å². The van der Waals surface area contributed by atoms with Crippen molar-refractivity contribution in [3.8, 4) is 11.6 Å². The van der Waals surface area contributed by atoms with E-state index in [1.54, 1.807) is 12.1 Å². The molecule has 0 fully saturated rings. The van der Waals surface area contributed by atoms with Gasteiger partial charge in [0.15, 0.2) is 0 Å². The van der Waals surface area contributed by atoms with Gasteiger partial charge in [-0.1, -0.05) is 19.1 Å². The summed E-state index contributed by atoms with van der Waals surface area (Å²) in [6.45, 7) is 2.86. The SMILES string of the molecule is CCCOc1ccc(Cn2c(O)cc(=O)[nH]c2=O)cc1. The molecule has 0 spiro atoms. The number of aromatic nitrogens is 2. The standard InChI is InChI=1S/C14H16N2O4/c1-2-7-20-11-5-3-10(4-6-11)9-16-13(18)8-12(17)15-14(16)19/h3-6,8,18H,2,7,9H2,1H3,(H,15,17,19). The minimum Gasteiger partial charge on any atom is -0.494 e. The van der Waals surface area contributed by atoms with Gasteiger partial charge in [0.1, 0.15) is 5.75 Å². The van der Waals surface area contributed by atoms with Crippen LogP contribution in [0.15, 0.2) is 39.9 Å². The fourth-order valence-electron chi connectivity index (χ4n) is 1.75. The second-order valence-corrected chi connectivity index (χ2v) is 4.38. The van der Waals surface area contributed by atoms with Crippen LogP contribution < -0.4 is 16.0 Å². The quantitative estimate of drug-likeness (QED) is 0.855. The van der Waals surface area contributed by atoms with Crippen molar-refractivity contribution in [3.63, 3.8) is 0 Å². The Bertz CT molecular complexity index is 686. The van der Waals surface area contributed by atoms with Crippen LogP contribution in [0.5, 0.6) is 11.6 Å². The van der Waals surface area contributed by atoms with E-state index in [0.717, 1.165) is 28.4 Å². The van der Waals surface area contributed by atoms with Crippen molar-refractivity contribution in [1.29, 1.82) is 0 Å². The molecule has 1 aromatic heterocycles. The number of hydrogen-bond acceptors (Lipinski definition) is 4. The van der Waals surface area contributed by atoms with Gasteiger partial charge >= 0.3 is 5.69 Å². The van der Waals surface area contributed by atoms with Crippen molar-refractivity contribution in [3.05, 3.63) is 56.7 Å². The maximum atomic E-state index is 11.6. The lowest BCUT2D eigenvalue weighted by Crippen LogP contribution is -2.29. The summed E-state index contributed by atoms with van der Waals surface area (Å²) in [6.07, 6.45) is 0.933. The van der Waals surface area contributed by atoms with Gasteiger partial charge in [0.2, 0.25) is 5.88 Å². The van der Waals surface area contributed by atoms with Crippen molar-refractivity contribution in [1.82, 2.24) is 9.55 Å². The maximum Gasteiger partial charge on any atom is 0.331 e. The topological polar surface area (TPSA) is 84.3 Å². The molecule has 2 aromatic rings. The molecule has 20 heavy (non-hydrogen) atoms. The van der Waals surface area contributed by atoms with Crippen molar-refractivity contribution in [2.24, 2.45) is 0 Å². The third kappa shape index (κ3) is 3.28. The molecule has 0 atom stereocenters. The number of benzene rings is 1. The van der Waals surface area contributed by atoms with Gasteiger partial charge in [0, 0.05) is 0 Å². The molecule has 2 N–H and O–H groups in total. The van der Waals surface area contributed by atoms with Crippen molar-refractivity contribution in [2.45, 2.75) is 19.9 Å². The minimum absolute atomic E-state index is 0.176. The third-order valence-electron chi connectivity index (χ3n) is 2.75. The molecule has 0 saturated carbocycles. The van der Waals surface area contributed by atoms with Gasteiger partial charge in [0.05, 0.1) is 19.2 Å². The molecular weight excluding hydrogens is 260 g/mol. The monoisotopic (exact) mass is 276 g/mol. The van der Waals surface area contributed by atoms with Gasteiger partial charge < -0.3 is 9.84 Å². The molecule has 0 amide bonds. The Balaban J connectivity index is 2.18. The van der Waals surface area contributed by atoms with Crippen LogP contribution in [-0.4, -0.2) is 21.3 Å². The second kappa shape index (κ2) is 6.10. The van der Waals surface area contributed by atoms with Gasteiger partial charge in [0.25, 0.3) is 5.56 Å². The Kier molecular flexibility index (Phi) is 4.24. The lowest BCUT2D eigenvalue weighted by Gasteiger charge is -2.09. The predicted molar refractivity (Wildman–Crippen MR) is 74.3 cm³/mol. The van der Waals surface area contributed by atoms with Gasteiger partial charge in [-0.25, -0.2) is 4.79 Å². The average Bonchev–Trinajstić information content (AvgIpc) is 2.42. The van der Waals surface area contributed by atoms with Crippen LogP contribution in [0.2, 0.25) is 0 Å². The molecule has 0 aliphatic carbocycles. The van der Waals surface area contributed by atoms with E-state index in [2.05, 4.69) is 4.98 Å². The normalized spacial score (nSPS) is 10.4. The van der Waals surface area contributed by atoms with E-state index >= 15 is 0 Å². The molecule has 0 aliphatic rings. The molecule has 0 radical (unpaired) electrons. The molecule has 2 rings (SSSR count). The zero-order chi connectivity index (χ0) is 14.5. The first-order chi connectivity index (χ1) is 9.60. The number of aromatic amines is 1. The number of hydrogen-bond donors (Lipinski definition) is 2. The number of nitrogens with zero attached hydrogens (tertiary/aromatic N) is 1. The van der Waals surface area contributed by atoms with Gasteiger partial charge in [-0.15, -0.1) is 0 Å². The molecule has 106 valence electrons. The molecule has 1 aromatic carbocycles. The van der Waals surface area contributed by atoms with Crippen LogP contribution in [-0.2, 0) is 6.54 Å². The van der Waals surface area contributed by atoms with E-state index in [9.17, 15) is 14.7 Å². The fraction of sp³-hybridized carbons (Fsp3) is 0.286. The van der Waals surface area contributed by atoms with Crippen molar-refractivity contribution < 1.29 is 9.84 Å². The molecule has 0 aliphatic heterocycles. The van der Waals surface area contributed by atoms with Crippen LogP contribution in [0, 0.1) is 0 Å². The third-order valence-corrected chi connectivity index (χ3v) is 2.75. The molecule has 0 bridgehead atoms. The Morgan fingerprint density at radius 3 is 2.55 bits per heavy atom. The fourth-order valence-corrected chi connectivity index (χ4v) is 1.75. The maximum absolute atomic E-state index is 11.6. The van der Waals surface area contributed by atoms with E-state index in [1.807, 2.05) is 19.1 Å². The average molecular weight is 276 g/mol. The smallest absolute Gasteiger partial charge is 0.331 e. The molecule has 1 heterocycles. The predicted octanol–water partition coefficient (Wildman–Crippen LogP) is 1.08. The summed E-state index contributed by atoms with van der Waals surface area (Å²) in [6, 6.07) is 8.20. The number of ether oxygens (including phenoxy) is 1. The first kappa shape index (κ1) is 13.9. The van der Waals surface area contributed by atoms with Crippen LogP contribution in [0.3, 0.4) is 0 Å². The first-order valence-corrected chi connectivity index (χ1v) is 6.35. The lowest BCUT2D eigenvalue weighted by atomic mass is 10.2. The van der Waals surface area contributed by atoms with Crippen molar-refractivity contribution >= 4 is 0 Å². The van der Waals surface area contributed by atoms with Crippen LogP contribution in [0.25, 0.3) is 0 Å². The van der Waals surface area contributed by atoms with Crippen LogP contribution in [0.1, 0.15) is 18.9 Å². The molecule has 6 heteroatoms. The minimum atomic E-state index is -0.638. The first-order valence-electron chi connectivity index (χ1n) is 6.35. The van der Waals surface area contributed by atoms with E-state index in [-0.39, 0.29) is 12.4 Å². The second-order valence-electron chi connectivity index (χ2n) is 4.38. The molecule has 6 nitrogen and oxygen atoms in total. The highest BCUT2D eigenvalue weighted by atomic mass is 16.5. The summed E-state index contributed by atoms with van der Waals surface area (Å²) in [5.74, 6) is 0.402. The number of H-pyrrole nitrogens is 1. The number of nitrogens with one attached hydrogen (secondary N) is 1. The van der Waals surface area contributed by atoms with Crippen molar-refractivity contribution in [2.75, 3.05) is 6.61 Å². The van der Waals surface area contributed by atoms with E-state index < -0.39 is 11.2 Å². The summed E-state index contributed by atoms with van der Waals surface area (Å²) in [7, 11) is 0. The highest BCUT2D eigenvalue weighted by Gasteiger charge is 2.05. The van der Waals surface area contributed by atoms with E-state index in [0.29, 0.717) is 6.61 Å². The molecule has 0 unspecified atom stereocenters. The zero-order valence-electron chi connectivity index (χ0n) is 11.1. The zero-order valence-corrected chi connectivity index (χ0v) is 11.1. The summed E-state index contributed by atoms with van der Waals surface area (Å²) in [5, 5.41) is 9.62.